The van der Waals surface area contributed by atoms with Crippen molar-refractivity contribution in [1.82, 2.24) is 0 Å². The molecule has 5 heteroatoms. The topological polar surface area (TPSA) is 98.2 Å². The van der Waals surface area contributed by atoms with E-state index in [4.69, 9.17) is 11.5 Å². The van der Waals surface area contributed by atoms with Gasteiger partial charge in [-0.15, -0.1) is 0 Å². The molecule has 0 heterocycles. The van der Waals surface area contributed by atoms with Gasteiger partial charge in [0.05, 0.1) is 12.5 Å². The first-order valence-electron chi connectivity index (χ1n) is 5.85. The van der Waals surface area contributed by atoms with Gasteiger partial charge < -0.3 is 16.8 Å². The third kappa shape index (κ3) is 4.18. The van der Waals surface area contributed by atoms with E-state index in [1.54, 1.807) is 0 Å². The van der Waals surface area contributed by atoms with Gasteiger partial charge in [0.1, 0.15) is 0 Å². The Kier molecular flexibility index (Phi) is 4.85. The normalized spacial score (nSPS) is 12.2. The van der Waals surface area contributed by atoms with Gasteiger partial charge in [0.15, 0.2) is 0 Å². The van der Waals surface area contributed by atoms with Crippen LogP contribution in [0, 0.1) is 0 Å². The molecule has 1 aromatic rings. The van der Waals surface area contributed by atoms with Gasteiger partial charge in [-0.3, -0.25) is 9.59 Å². The molecule has 98 valence electrons. The van der Waals surface area contributed by atoms with Gasteiger partial charge in [-0.05, 0) is 23.6 Å². The van der Waals surface area contributed by atoms with E-state index < -0.39 is 17.9 Å². The summed E-state index contributed by atoms with van der Waals surface area (Å²) in [4.78, 5) is 22.3. The quantitative estimate of drug-likeness (QED) is 0.724. The molecule has 0 aliphatic rings. The smallest absolute Gasteiger partial charge is 0.241 e. The number of nitrogens with two attached hydrogens (primary N) is 2. The molecule has 5 N–H and O–H groups in total. The van der Waals surface area contributed by atoms with Crippen molar-refractivity contribution in [3.8, 4) is 0 Å². The predicted molar refractivity (Wildman–Crippen MR) is 70.9 cm³/mol. The van der Waals surface area contributed by atoms with E-state index >= 15 is 0 Å². The van der Waals surface area contributed by atoms with Crippen molar-refractivity contribution in [3.63, 3.8) is 0 Å². The molecule has 0 radical (unpaired) electrons. The molecule has 0 spiro atoms. The number of carbonyl (C=O) groups excluding carboxylic acids is 2. The van der Waals surface area contributed by atoms with Crippen LogP contribution in [0.15, 0.2) is 24.3 Å². The Bertz CT molecular complexity index is 426. The first-order valence-corrected chi connectivity index (χ1v) is 5.85. The predicted octanol–water partition coefficient (Wildman–Crippen LogP) is 0.951. The molecule has 0 aromatic heterocycles. The third-order valence-corrected chi connectivity index (χ3v) is 2.60. The minimum atomic E-state index is -0.910. The molecule has 1 aromatic carbocycles. The molecule has 5 nitrogen and oxygen atoms in total. The van der Waals surface area contributed by atoms with Crippen LogP contribution in [0.3, 0.4) is 0 Å². The van der Waals surface area contributed by atoms with E-state index in [9.17, 15) is 9.59 Å². The van der Waals surface area contributed by atoms with Crippen molar-refractivity contribution >= 4 is 17.5 Å². The van der Waals surface area contributed by atoms with Gasteiger partial charge in [-0.25, -0.2) is 0 Å². The fourth-order valence-corrected chi connectivity index (χ4v) is 1.50. The number of hydrogen-bond donors (Lipinski definition) is 3. The lowest BCUT2D eigenvalue weighted by molar-refractivity contribution is -0.123. The minimum Gasteiger partial charge on any atom is -0.370 e. The standard InChI is InChI=1S/C13H19N3O2/c1-8(2)9-3-5-10(6-4-9)16-13(18)11(14)7-12(15)17/h3-6,8,11H,7,14H2,1-2H3,(H2,15,17)(H,16,18). The van der Waals surface area contributed by atoms with Crippen molar-refractivity contribution in [2.45, 2.75) is 32.2 Å². The summed E-state index contributed by atoms with van der Waals surface area (Å²) in [5, 5.41) is 2.64. The summed E-state index contributed by atoms with van der Waals surface area (Å²) in [5.74, 6) is -0.564. The van der Waals surface area contributed by atoms with Crippen LogP contribution in [0.1, 0.15) is 31.7 Å². The van der Waals surface area contributed by atoms with Crippen LogP contribution in [0.5, 0.6) is 0 Å². The van der Waals surface area contributed by atoms with E-state index in [1.165, 1.54) is 5.56 Å². The zero-order valence-electron chi connectivity index (χ0n) is 10.6. The molecule has 1 atom stereocenters. The Morgan fingerprint density at radius 3 is 2.22 bits per heavy atom. The van der Waals surface area contributed by atoms with Gasteiger partial charge in [0.25, 0.3) is 0 Å². The summed E-state index contributed by atoms with van der Waals surface area (Å²) in [6.45, 7) is 4.19. The van der Waals surface area contributed by atoms with E-state index in [2.05, 4.69) is 19.2 Å². The second kappa shape index (κ2) is 6.16. The summed E-state index contributed by atoms with van der Waals surface area (Å²) in [5.41, 5.74) is 12.4. The average molecular weight is 249 g/mol. The van der Waals surface area contributed by atoms with Gasteiger partial charge in [-0.1, -0.05) is 26.0 Å². The lowest BCUT2D eigenvalue weighted by Crippen LogP contribution is -2.38. The molecule has 0 aliphatic carbocycles. The number of benzene rings is 1. The van der Waals surface area contributed by atoms with Gasteiger partial charge in [-0.2, -0.15) is 0 Å². The monoisotopic (exact) mass is 249 g/mol. The highest BCUT2D eigenvalue weighted by molar-refractivity contribution is 5.97. The first-order chi connectivity index (χ1) is 8.40. The Balaban J connectivity index is 2.62. The van der Waals surface area contributed by atoms with Crippen molar-refractivity contribution in [3.05, 3.63) is 29.8 Å². The third-order valence-electron chi connectivity index (χ3n) is 2.60. The Morgan fingerprint density at radius 1 is 1.22 bits per heavy atom. The lowest BCUT2D eigenvalue weighted by atomic mass is 10.0. The summed E-state index contributed by atoms with van der Waals surface area (Å²) in [6, 6.07) is 6.60. The van der Waals surface area contributed by atoms with Crippen LogP contribution < -0.4 is 16.8 Å². The summed E-state index contributed by atoms with van der Waals surface area (Å²) in [7, 11) is 0. The molecule has 2 amide bonds. The molecule has 0 saturated carbocycles. The number of primary amides is 1. The van der Waals surface area contributed by atoms with Crippen molar-refractivity contribution in [1.29, 1.82) is 0 Å². The van der Waals surface area contributed by atoms with Gasteiger partial charge in [0.2, 0.25) is 11.8 Å². The van der Waals surface area contributed by atoms with E-state index in [1.807, 2.05) is 24.3 Å². The zero-order chi connectivity index (χ0) is 13.7. The Hall–Kier alpha value is -1.88. The Morgan fingerprint density at radius 2 is 1.78 bits per heavy atom. The van der Waals surface area contributed by atoms with Gasteiger partial charge in [0, 0.05) is 5.69 Å². The van der Waals surface area contributed by atoms with Crippen molar-refractivity contribution in [2.24, 2.45) is 11.5 Å². The van der Waals surface area contributed by atoms with E-state index in [0.717, 1.165) is 0 Å². The molecule has 0 aliphatic heterocycles. The number of rotatable bonds is 5. The average Bonchev–Trinajstić information content (AvgIpc) is 2.28. The molecule has 18 heavy (non-hydrogen) atoms. The fourth-order valence-electron chi connectivity index (χ4n) is 1.50. The number of nitrogens with one attached hydrogen (secondary N) is 1. The molecular weight excluding hydrogens is 230 g/mol. The highest BCUT2D eigenvalue weighted by Crippen LogP contribution is 2.17. The van der Waals surface area contributed by atoms with Gasteiger partial charge >= 0.3 is 0 Å². The molecule has 0 bridgehead atoms. The minimum absolute atomic E-state index is 0.157. The first kappa shape index (κ1) is 14.2. The van der Waals surface area contributed by atoms with Crippen LogP contribution in [0.2, 0.25) is 0 Å². The van der Waals surface area contributed by atoms with Crippen molar-refractivity contribution < 1.29 is 9.59 Å². The fraction of sp³-hybridized carbons (Fsp3) is 0.385. The number of hydrogen-bond acceptors (Lipinski definition) is 3. The lowest BCUT2D eigenvalue weighted by Gasteiger charge is -2.11. The maximum absolute atomic E-state index is 11.6. The van der Waals surface area contributed by atoms with Crippen molar-refractivity contribution in [2.75, 3.05) is 5.32 Å². The van der Waals surface area contributed by atoms with Crippen LogP contribution in [0.4, 0.5) is 5.69 Å². The molecule has 1 rings (SSSR count). The molecule has 0 saturated heterocycles. The maximum atomic E-state index is 11.6. The maximum Gasteiger partial charge on any atom is 0.241 e. The Labute approximate surface area is 107 Å². The second-order valence-corrected chi connectivity index (χ2v) is 4.54. The summed E-state index contributed by atoms with van der Waals surface area (Å²) < 4.78 is 0. The molecular formula is C13H19N3O2. The largest absolute Gasteiger partial charge is 0.370 e. The summed E-state index contributed by atoms with van der Waals surface area (Å²) in [6.07, 6.45) is -0.157. The summed E-state index contributed by atoms with van der Waals surface area (Å²) >= 11 is 0. The number of anilines is 1. The van der Waals surface area contributed by atoms with Crippen LogP contribution in [-0.4, -0.2) is 17.9 Å². The highest BCUT2D eigenvalue weighted by Gasteiger charge is 2.15. The highest BCUT2D eigenvalue weighted by atomic mass is 16.2. The zero-order valence-corrected chi connectivity index (χ0v) is 10.6. The molecule has 1 unspecified atom stereocenters. The van der Waals surface area contributed by atoms with E-state index in [0.29, 0.717) is 11.6 Å². The van der Waals surface area contributed by atoms with E-state index in [-0.39, 0.29) is 6.42 Å². The van der Waals surface area contributed by atoms with Crippen LogP contribution >= 0.6 is 0 Å². The van der Waals surface area contributed by atoms with Crippen LogP contribution in [-0.2, 0) is 9.59 Å². The van der Waals surface area contributed by atoms with Crippen LogP contribution in [0.25, 0.3) is 0 Å². The molecule has 0 fully saturated rings. The second-order valence-electron chi connectivity index (χ2n) is 4.54. The number of amides is 2. The SMILES string of the molecule is CC(C)c1ccc(NC(=O)C(N)CC(N)=O)cc1. The number of carbonyl (C=O) groups is 2.